The molecule has 1 aromatic rings. The number of likely N-dealkylation sites (tertiary alicyclic amines) is 1. The summed E-state index contributed by atoms with van der Waals surface area (Å²) in [6, 6.07) is 10.7. The van der Waals surface area contributed by atoms with Crippen molar-refractivity contribution in [2.75, 3.05) is 59.6 Å². The van der Waals surface area contributed by atoms with E-state index in [0.717, 1.165) is 25.7 Å². The summed E-state index contributed by atoms with van der Waals surface area (Å²) in [6.45, 7) is 6.34. The number of benzene rings is 1. The Bertz CT molecular complexity index is 1070. The quantitative estimate of drug-likeness (QED) is 0.578. The van der Waals surface area contributed by atoms with Crippen LogP contribution in [0, 0.1) is 10.8 Å². The van der Waals surface area contributed by atoms with Crippen LogP contribution in [0.15, 0.2) is 30.3 Å². The van der Waals surface area contributed by atoms with Gasteiger partial charge in [-0.25, -0.2) is 8.42 Å². The van der Waals surface area contributed by atoms with Gasteiger partial charge in [-0.05, 0) is 64.6 Å². The van der Waals surface area contributed by atoms with Gasteiger partial charge < -0.3 is 9.80 Å². The molecular weight excluding hydrogens is 476 g/mol. The SMILES string of the molecule is CN(C)C1(c2ccccc2)CCC2(CC1)CC(=O)N(CC(C)(C)C(=O)N1CCN(S(C)(=O)=O)CC1)C2. The van der Waals surface area contributed by atoms with Crippen LogP contribution in [0.25, 0.3) is 0 Å². The van der Waals surface area contributed by atoms with E-state index in [1.165, 1.54) is 16.1 Å². The Morgan fingerprint density at radius 1 is 1.00 bits per heavy atom. The molecule has 8 nitrogen and oxygen atoms in total. The van der Waals surface area contributed by atoms with Crippen molar-refractivity contribution in [3.05, 3.63) is 35.9 Å². The van der Waals surface area contributed by atoms with Crippen molar-refractivity contribution < 1.29 is 18.0 Å². The second-order valence-corrected chi connectivity index (χ2v) is 14.0. The van der Waals surface area contributed by atoms with Gasteiger partial charge in [0.05, 0.1) is 11.7 Å². The molecular formula is C27H42N4O4S. The molecule has 200 valence electrons. The lowest BCUT2D eigenvalue weighted by molar-refractivity contribution is -0.144. The first-order valence-corrected chi connectivity index (χ1v) is 14.9. The van der Waals surface area contributed by atoms with E-state index in [1.54, 1.807) is 4.90 Å². The van der Waals surface area contributed by atoms with Crippen molar-refractivity contribution in [1.82, 2.24) is 19.0 Å². The highest BCUT2D eigenvalue weighted by Gasteiger charge is 2.51. The maximum Gasteiger partial charge on any atom is 0.230 e. The highest BCUT2D eigenvalue weighted by molar-refractivity contribution is 7.88. The standard InChI is InChI=1S/C27H42N4O4S/c1-25(2,24(33)29-15-17-31(18-16-29)36(5,34)35)20-30-21-26(19-23(30)32)11-13-27(14-12-26,28(3)4)22-9-7-6-8-10-22/h6-10H,11-21H2,1-5H3. The Morgan fingerprint density at radius 3 is 2.11 bits per heavy atom. The van der Waals surface area contributed by atoms with Crippen LogP contribution < -0.4 is 0 Å². The monoisotopic (exact) mass is 518 g/mol. The van der Waals surface area contributed by atoms with E-state index < -0.39 is 15.4 Å². The van der Waals surface area contributed by atoms with Gasteiger partial charge in [0.25, 0.3) is 0 Å². The summed E-state index contributed by atoms with van der Waals surface area (Å²) in [5.41, 5.74) is 0.590. The Balaban J connectivity index is 1.39. The highest BCUT2D eigenvalue weighted by atomic mass is 32.2. The van der Waals surface area contributed by atoms with Crippen LogP contribution in [0.3, 0.4) is 0 Å². The second-order valence-electron chi connectivity index (χ2n) is 12.1. The van der Waals surface area contributed by atoms with Gasteiger partial charge in [0.2, 0.25) is 21.8 Å². The van der Waals surface area contributed by atoms with Crippen molar-refractivity contribution in [3.63, 3.8) is 0 Å². The molecule has 1 aromatic carbocycles. The van der Waals surface area contributed by atoms with Crippen LogP contribution in [0.2, 0.25) is 0 Å². The van der Waals surface area contributed by atoms with Crippen molar-refractivity contribution in [1.29, 1.82) is 0 Å². The molecule has 1 aliphatic carbocycles. The first-order chi connectivity index (χ1) is 16.8. The molecule has 1 spiro atoms. The molecule has 3 fully saturated rings. The Labute approximate surface area is 216 Å². The summed E-state index contributed by atoms with van der Waals surface area (Å²) in [7, 11) is 1.06. The van der Waals surface area contributed by atoms with Crippen LogP contribution >= 0.6 is 0 Å². The molecule has 0 unspecified atom stereocenters. The molecule has 0 aromatic heterocycles. The molecule has 4 rings (SSSR count). The number of piperazine rings is 1. The van der Waals surface area contributed by atoms with Crippen LogP contribution in [-0.4, -0.2) is 98.9 Å². The molecule has 2 saturated heterocycles. The fraction of sp³-hybridized carbons (Fsp3) is 0.704. The van der Waals surface area contributed by atoms with Crippen molar-refractivity contribution in [2.24, 2.45) is 10.8 Å². The van der Waals surface area contributed by atoms with Gasteiger partial charge in [0, 0.05) is 51.2 Å². The van der Waals surface area contributed by atoms with Gasteiger partial charge in [0.1, 0.15) is 0 Å². The number of hydrogen-bond donors (Lipinski definition) is 0. The molecule has 36 heavy (non-hydrogen) atoms. The summed E-state index contributed by atoms with van der Waals surface area (Å²) in [6.07, 6.45) is 5.77. The first kappa shape index (κ1) is 27.1. The topological polar surface area (TPSA) is 81.2 Å². The van der Waals surface area contributed by atoms with Crippen LogP contribution in [0.4, 0.5) is 0 Å². The van der Waals surface area contributed by atoms with Crippen molar-refractivity contribution in [3.8, 4) is 0 Å². The predicted molar refractivity (Wildman–Crippen MR) is 141 cm³/mol. The van der Waals surface area contributed by atoms with Gasteiger partial charge in [-0.3, -0.25) is 14.5 Å². The second kappa shape index (κ2) is 9.72. The minimum absolute atomic E-state index is 0.00761. The molecule has 0 radical (unpaired) electrons. The molecule has 0 N–H and O–H groups in total. The van der Waals surface area contributed by atoms with E-state index in [0.29, 0.717) is 45.7 Å². The van der Waals surface area contributed by atoms with E-state index in [9.17, 15) is 18.0 Å². The third-order valence-corrected chi connectivity index (χ3v) is 10.2. The Kier molecular flexibility index (Phi) is 7.31. The van der Waals surface area contributed by atoms with Crippen LogP contribution in [-0.2, 0) is 25.2 Å². The van der Waals surface area contributed by atoms with Crippen molar-refractivity contribution >= 4 is 21.8 Å². The lowest BCUT2D eigenvalue weighted by Gasteiger charge is -2.49. The summed E-state index contributed by atoms with van der Waals surface area (Å²) in [5, 5.41) is 0. The molecule has 0 bridgehead atoms. The zero-order valence-corrected chi connectivity index (χ0v) is 23.3. The maximum absolute atomic E-state index is 13.4. The molecule has 3 aliphatic rings. The molecule has 2 heterocycles. The van der Waals surface area contributed by atoms with Gasteiger partial charge in [-0.1, -0.05) is 30.3 Å². The normalized spacial score (nSPS) is 28.3. The largest absolute Gasteiger partial charge is 0.341 e. The van der Waals surface area contributed by atoms with Gasteiger partial charge in [0.15, 0.2) is 0 Å². The third kappa shape index (κ3) is 5.20. The van der Waals surface area contributed by atoms with E-state index in [-0.39, 0.29) is 22.8 Å². The minimum Gasteiger partial charge on any atom is -0.341 e. The summed E-state index contributed by atoms with van der Waals surface area (Å²) < 4.78 is 25.0. The lowest BCUT2D eigenvalue weighted by atomic mass is 9.64. The van der Waals surface area contributed by atoms with Gasteiger partial charge in [-0.2, -0.15) is 4.31 Å². The third-order valence-electron chi connectivity index (χ3n) is 8.87. The maximum atomic E-state index is 13.4. The number of carbonyl (C=O) groups excluding carboxylic acids is 2. The van der Waals surface area contributed by atoms with E-state index >= 15 is 0 Å². The number of sulfonamides is 1. The number of rotatable bonds is 6. The number of nitrogens with zero attached hydrogens (tertiary/aromatic N) is 4. The van der Waals surface area contributed by atoms with Crippen LogP contribution in [0.5, 0.6) is 0 Å². The summed E-state index contributed by atoms with van der Waals surface area (Å²) in [4.78, 5) is 32.5. The number of amides is 2. The van der Waals surface area contributed by atoms with Crippen molar-refractivity contribution in [2.45, 2.75) is 51.5 Å². The summed E-state index contributed by atoms with van der Waals surface area (Å²) >= 11 is 0. The van der Waals surface area contributed by atoms with Gasteiger partial charge >= 0.3 is 0 Å². The molecule has 9 heteroatoms. The predicted octanol–water partition coefficient (Wildman–Crippen LogP) is 2.37. The van der Waals surface area contributed by atoms with Gasteiger partial charge in [-0.15, -0.1) is 0 Å². The zero-order valence-electron chi connectivity index (χ0n) is 22.5. The smallest absolute Gasteiger partial charge is 0.230 e. The summed E-state index contributed by atoms with van der Waals surface area (Å²) in [5.74, 6) is 0.138. The number of hydrogen-bond acceptors (Lipinski definition) is 5. The van der Waals surface area contributed by atoms with E-state index in [2.05, 4.69) is 49.3 Å². The Morgan fingerprint density at radius 2 is 1.58 bits per heavy atom. The highest BCUT2D eigenvalue weighted by Crippen LogP contribution is 2.52. The molecule has 2 aliphatic heterocycles. The first-order valence-electron chi connectivity index (χ1n) is 13.0. The van der Waals surface area contributed by atoms with Crippen LogP contribution in [0.1, 0.15) is 51.5 Å². The Hall–Kier alpha value is -1.97. The molecule has 1 saturated carbocycles. The average Bonchev–Trinajstić information content (AvgIpc) is 3.12. The lowest BCUT2D eigenvalue weighted by Crippen LogP contribution is -2.55. The zero-order chi connectivity index (χ0) is 26.4. The van der Waals surface area contributed by atoms with E-state index in [4.69, 9.17) is 0 Å². The fourth-order valence-corrected chi connectivity index (χ4v) is 7.42. The molecule has 0 atom stereocenters. The average molecular weight is 519 g/mol. The minimum atomic E-state index is -3.24. The van der Waals surface area contributed by atoms with E-state index in [1.807, 2.05) is 18.7 Å². The molecule has 2 amide bonds. The number of carbonyl (C=O) groups is 2. The fourth-order valence-electron chi connectivity index (χ4n) is 6.59.